The van der Waals surface area contributed by atoms with E-state index < -0.39 is 0 Å². The summed E-state index contributed by atoms with van der Waals surface area (Å²) in [5, 5.41) is 11.6. The van der Waals surface area contributed by atoms with E-state index in [9.17, 15) is 5.11 Å². The van der Waals surface area contributed by atoms with E-state index >= 15 is 0 Å². The van der Waals surface area contributed by atoms with Gasteiger partial charge in [0.05, 0.1) is 6.61 Å². The van der Waals surface area contributed by atoms with Crippen molar-refractivity contribution in [2.24, 2.45) is 0 Å². The Kier molecular flexibility index (Phi) is 4.59. The summed E-state index contributed by atoms with van der Waals surface area (Å²) in [7, 11) is 0. The molecule has 0 saturated heterocycles. The SMILES string of the molecule is CCOCc1ccc(O)c2ccccc12.Cl. The van der Waals surface area contributed by atoms with Gasteiger partial charge in [-0.3, -0.25) is 0 Å². The van der Waals surface area contributed by atoms with Crippen molar-refractivity contribution in [2.45, 2.75) is 13.5 Å². The second kappa shape index (κ2) is 5.73. The van der Waals surface area contributed by atoms with E-state index in [1.54, 1.807) is 6.07 Å². The Balaban J connectivity index is 0.00000128. The van der Waals surface area contributed by atoms with Gasteiger partial charge in [0, 0.05) is 12.0 Å². The van der Waals surface area contributed by atoms with Crippen molar-refractivity contribution < 1.29 is 9.84 Å². The highest BCUT2D eigenvalue weighted by atomic mass is 35.5. The van der Waals surface area contributed by atoms with Crippen LogP contribution in [-0.4, -0.2) is 11.7 Å². The van der Waals surface area contributed by atoms with E-state index in [0.717, 1.165) is 16.3 Å². The first-order chi connectivity index (χ1) is 7.33. The summed E-state index contributed by atoms with van der Waals surface area (Å²) in [6.07, 6.45) is 0. The summed E-state index contributed by atoms with van der Waals surface area (Å²) in [5.74, 6) is 0.325. The van der Waals surface area contributed by atoms with Crippen LogP contribution >= 0.6 is 12.4 Å². The molecule has 0 fully saturated rings. The Bertz CT molecular complexity index is 468. The molecule has 0 atom stereocenters. The molecule has 0 spiro atoms. The Morgan fingerprint density at radius 2 is 1.75 bits per heavy atom. The molecule has 0 amide bonds. The van der Waals surface area contributed by atoms with E-state index in [0.29, 0.717) is 19.0 Å². The summed E-state index contributed by atoms with van der Waals surface area (Å²) in [6.45, 7) is 3.27. The predicted octanol–water partition coefficient (Wildman–Crippen LogP) is 3.50. The van der Waals surface area contributed by atoms with Gasteiger partial charge in [-0.05, 0) is 23.9 Å². The first kappa shape index (κ1) is 12.8. The lowest BCUT2D eigenvalue weighted by molar-refractivity contribution is 0.135. The van der Waals surface area contributed by atoms with Crippen LogP contribution in [-0.2, 0) is 11.3 Å². The molecule has 1 N–H and O–H groups in total. The number of fused-ring (bicyclic) bond motifs is 1. The normalized spacial score (nSPS) is 10.1. The number of hydrogen-bond donors (Lipinski definition) is 1. The van der Waals surface area contributed by atoms with E-state index in [1.807, 2.05) is 37.3 Å². The standard InChI is InChI=1S/C13H14O2.ClH/c1-2-15-9-10-7-8-13(14)12-6-4-3-5-11(10)12;/h3-8,14H,2,9H2,1H3;1H. The van der Waals surface area contributed by atoms with Gasteiger partial charge in [0.1, 0.15) is 5.75 Å². The van der Waals surface area contributed by atoms with Crippen molar-refractivity contribution in [3.8, 4) is 5.75 Å². The van der Waals surface area contributed by atoms with Gasteiger partial charge in [-0.1, -0.05) is 30.3 Å². The molecule has 0 aromatic heterocycles. The smallest absolute Gasteiger partial charge is 0.123 e. The minimum absolute atomic E-state index is 0. The summed E-state index contributed by atoms with van der Waals surface area (Å²) >= 11 is 0. The first-order valence-electron chi connectivity index (χ1n) is 5.10. The van der Waals surface area contributed by atoms with Crippen LogP contribution in [0.15, 0.2) is 36.4 Å². The maximum absolute atomic E-state index is 9.68. The van der Waals surface area contributed by atoms with Crippen molar-refractivity contribution >= 4 is 23.2 Å². The third-order valence-electron chi connectivity index (χ3n) is 2.45. The molecule has 16 heavy (non-hydrogen) atoms. The molecular weight excluding hydrogens is 224 g/mol. The fourth-order valence-corrected chi connectivity index (χ4v) is 1.68. The number of rotatable bonds is 3. The molecule has 0 aliphatic heterocycles. The third kappa shape index (κ3) is 2.46. The molecule has 3 heteroatoms. The number of halogens is 1. The number of ether oxygens (including phenoxy) is 1. The highest BCUT2D eigenvalue weighted by Crippen LogP contribution is 2.27. The quantitative estimate of drug-likeness (QED) is 0.887. The molecule has 0 saturated carbocycles. The molecule has 2 nitrogen and oxygen atoms in total. The number of hydrogen-bond acceptors (Lipinski definition) is 2. The van der Waals surface area contributed by atoms with Gasteiger partial charge in [-0.15, -0.1) is 12.4 Å². The Hall–Kier alpha value is -1.25. The van der Waals surface area contributed by atoms with E-state index in [2.05, 4.69) is 0 Å². The second-order valence-corrected chi connectivity index (χ2v) is 3.43. The van der Waals surface area contributed by atoms with Gasteiger partial charge in [-0.25, -0.2) is 0 Å². The summed E-state index contributed by atoms with van der Waals surface area (Å²) < 4.78 is 5.39. The van der Waals surface area contributed by atoms with Crippen LogP contribution in [0.3, 0.4) is 0 Å². The van der Waals surface area contributed by atoms with Crippen LogP contribution in [0.25, 0.3) is 10.8 Å². The van der Waals surface area contributed by atoms with E-state index in [-0.39, 0.29) is 12.4 Å². The maximum Gasteiger partial charge on any atom is 0.123 e. The number of aromatic hydroxyl groups is 1. The van der Waals surface area contributed by atoms with E-state index in [4.69, 9.17) is 4.74 Å². The zero-order valence-electron chi connectivity index (χ0n) is 9.14. The largest absolute Gasteiger partial charge is 0.507 e. The average Bonchev–Trinajstić information content (AvgIpc) is 2.29. The topological polar surface area (TPSA) is 29.5 Å². The van der Waals surface area contributed by atoms with Crippen molar-refractivity contribution in [3.63, 3.8) is 0 Å². The van der Waals surface area contributed by atoms with Crippen LogP contribution in [0, 0.1) is 0 Å². The fraction of sp³-hybridized carbons (Fsp3) is 0.231. The summed E-state index contributed by atoms with van der Waals surface area (Å²) in [5.41, 5.74) is 1.12. The molecule has 0 radical (unpaired) electrons. The van der Waals surface area contributed by atoms with Crippen molar-refractivity contribution in [1.29, 1.82) is 0 Å². The fourth-order valence-electron chi connectivity index (χ4n) is 1.68. The lowest BCUT2D eigenvalue weighted by Gasteiger charge is -2.07. The minimum Gasteiger partial charge on any atom is -0.507 e. The predicted molar refractivity (Wildman–Crippen MR) is 68.2 cm³/mol. The van der Waals surface area contributed by atoms with Gasteiger partial charge >= 0.3 is 0 Å². The van der Waals surface area contributed by atoms with Gasteiger partial charge in [-0.2, -0.15) is 0 Å². The molecule has 0 aliphatic rings. The summed E-state index contributed by atoms with van der Waals surface area (Å²) in [4.78, 5) is 0. The summed E-state index contributed by atoms with van der Waals surface area (Å²) in [6, 6.07) is 11.4. The van der Waals surface area contributed by atoms with Gasteiger partial charge in [0.25, 0.3) is 0 Å². The number of phenolic OH excluding ortho intramolecular Hbond substituents is 1. The van der Waals surface area contributed by atoms with Gasteiger partial charge in [0.15, 0.2) is 0 Å². The van der Waals surface area contributed by atoms with Crippen LogP contribution in [0.2, 0.25) is 0 Å². The van der Waals surface area contributed by atoms with Crippen LogP contribution in [0.1, 0.15) is 12.5 Å². The lowest BCUT2D eigenvalue weighted by Crippen LogP contribution is -1.92. The Morgan fingerprint density at radius 1 is 1.06 bits per heavy atom. The minimum atomic E-state index is 0. The first-order valence-corrected chi connectivity index (χ1v) is 5.10. The van der Waals surface area contributed by atoms with Gasteiger partial charge in [0.2, 0.25) is 0 Å². The van der Waals surface area contributed by atoms with Crippen LogP contribution in [0.4, 0.5) is 0 Å². The monoisotopic (exact) mass is 238 g/mol. The number of benzene rings is 2. The molecule has 2 aromatic carbocycles. The molecule has 0 heterocycles. The van der Waals surface area contributed by atoms with Crippen molar-refractivity contribution in [2.75, 3.05) is 6.61 Å². The van der Waals surface area contributed by atoms with Crippen LogP contribution in [0.5, 0.6) is 5.75 Å². The highest BCUT2D eigenvalue weighted by molar-refractivity contribution is 5.90. The molecule has 0 bridgehead atoms. The van der Waals surface area contributed by atoms with Crippen molar-refractivity contribution in [1.82, 2.24) is 0 Å². The molecule has 2 rings (SSSR count). The molecule has 2 aromatic rings. The molecular formula is C13H15ClO2. The third-order valence-corrected chi connectivity index (χ3v) is 2.45. The maximum atomic E-state index is 9.68. The van der Waals surface area contributed by atoms with Crippen molar-refractivity contribution in [3.05, 3.63) is 42.0 Å². The lowest BCUT2D eigenvalue weighted by atomic mass is 10.0. The zero-order chi connectivity index (χ0) is 10.7. The Morgan fingerprint density at radius 3 is 2.44 bits per heavy atom. The molecule has 86 valence electrons. The highest BCUT2D eigenvalue weighted by Gasteiger charge is 2.03. The average molecular weight is 239 g/mol. The molecule has 0 unspecified atom stereocenters. The van der Waals surface area contributed by atoms with E-state index in [1.165, 1.54) is 0 Å². The molecule has 0 aliphatic carbocycles. The second-order valence-electron chi connectivity index (χ2n) is 3.43. The zero-order valence-corrected chi connectivity index (χ0v) is 9.96. The number of phenols is 1. The van der Waals surface area contributed by atoms with Crippen LogP contribution < -0.4 is 0 Å². The van der Waals surface area contributed by atoms with Gasteiger partial charge < -0.3 is 9.84 Å². The Labute approximate surface area is 101 Å².